The number of nitrogens with zero attached hydrogens (tertiary/aromatic N) is 2. The first-order chi connectivity index (χ1) is 14.3. The Balaban J connectivity index is 1.38. The van der Waals surface area contributed by atoms with Crippen LogP contribution in [0.25, 0.3) is 0 Å². The number of carbonyl (C=O) groups is 1. The molecule has 1 amide bonds. The van der Waals surface area contributed by atoms with Gasteiger partial charge in [-0.05, 0) is 48.4 Å². The van der Waals surface area contributed by atoms with E-state index in [-0.39, 0.29) is 36.3 Å². The lowest BCUT2D eigenvalue weighted by Gasteiger charge is -2.35. The van der Waals surface area contributed by atoms with E-state index < -0.39 is 10.0 Å². The molecule has 6 nitrogen and oxygen atoms in total. The van der Waals surface area contributed by atoms with E-state index in [1.807, 2.05) is 4.90 Å². The molecule has 9 heteroatoms. The lowest BCUT2D eigenvalue weighted by Crippen LogP contribution is -2.49. The highest BCUT2D eigenvalue weighted by Crippen LogP contribution is 2.18. The first kappa shape index (κ1) is 22.2. The van der Waals surface area contributed by atoms with Crippen molar-refractivity contribution in [3.05, 3.63) is 65.7 Å². The Morgan fingerprint density at radius 3 is 2.07 bits per heavy atom. The maximum absolute atomic E-state index is 13.0. The second kappa shape index (κ2) is 9.99. The number of piperazine rings is 1. The van der Waals surface area contributed by atoms with Crippen molar-refractivity contribution < 1.29 is 22.0 Å². The summed E-state index contributed by atoms with van der Waals surface area (Å²) in [7, 11) is -3.40. The first-order valence-corrected chi connectivity index (χ1v) is 11.4. The summed E-state index contributed by atoms with van der Waals surface area (Å²) in [5.74, 6) is -0.931. The fourth-order valence-corrected chi connectivity index (χ4v) is 4.82. The Morgan fingerprint density at radius 2 is 1.47 bits per heavy atom. The smallest absolute Gasteiger partial charge is 0.224 e. The van der Waals surface area contributed by atoms with Crippen molar-refractivity contribution in [2.24, 2.45) is 0 Å². The van der Waals surface area contributed by atoms with E-state index in [4.69, 9.17) is 0 Å². The molecule has 0 bridgehead atoms. The first-order valence-electron chi connectivity index (χ1n) is 9.83. The molecular weight excluding hydrogens is 412 g/mol. The molecule has 30 heavy (non-hydrogen) atoms. The van der Waals surface area contributed by atoms with Crippen LogP contribution in [0.2, 0.25) is 0 Å². The molecule has 1 N–H and O–H groups in total. The van der Waals surface area contributed by atoms with Gasteiger partial charge in [0.05, 0.1) is 12.2 Å². The number of sulfonamides is 1. The van der Waals surface area contributed by atoms with Crippen LogP contribution in [0.3, 0.4) is 0 Å². The van der Waals surface area contributed by atoms with Crippen LogP contribution in [-0.2, 0) is 21.2 Å². The Morgan fingerprint density at radius 1 is 0.900 bits per heavy atom. The molecular formula is C21H25F2N3O3S. The quantitative estimate of drug-likeness (QED) is 0.643. The summed E-state index contributed by atoms with van der Waals surface area (Å²) < 4.78 is 52.5. The summed E-state index contributed by atoms with van der Waals surface area (Å²) in [6.45, 7) is 2.08. The van der Waals surface area contributed by atoms with Gasteiger partial charge in [0, 0.05) is 38.4 Å². The van der Waals surface area contributed by atoms with Crippen molar-refractivity contribution >= 4 is 21.6 Å². The standard InChI is InChI=1S/C21H25F2N3O3S/c22-18-4-2-17(3-5-18)16-21(27)24-10-1-15-30(28,29)26-13-11-25(12-14-26)20-8-6-19(23)7-9-20/h2-9H,1,10-16H2,(H,24,27). The number of hydrogen-bond donors (Lipinski definition) is 1. The Bertz CT molecular complexity index is 942. The van der Waals surface area contributed by atoms with Crippen LogP contribution in [0.15, 0.2) is 48.5 Å². The third kappa shape index (κ3) is 6.24. The molecule has 0 saturated carbocycles. The molecule has 0 spiro atoms. The molecule has 0 radical (unpaired) electrons. The summed E-state index contributed by atoms with van der Waals surface area (Å²) in [5.41, 5.74) is 1.57. The number of benzene rings is 2. The minimum Gasteiger partial charge on any atom is -0.369 e. The van der Waals surface area contributed by atoms with Crippen molar-refractivity contribution in [3.63, 3.8) is 0 Å². The lowest BCUT2D eigenvalue weighted by atomic mass is 10.1. The molecule has 2 aromatic rings. The zero-order valence-corrected chi connectivity index (χ0v) is 17.4. The Hall–Kier alpha value is -2.52. The third-order valence-corrected chi connectivity index (χ3v) is 6.96. The average molecular weight is 438 g/mol. The second-order valence-corrected chi connectivity index (χ2v) is 9.27. The summed E-state index contributed by atoms with van der Waals surface area (Å²) >= 11 is 0. The van der Waals surface area contributed by atoms with Gasteiger partial charge < -0.3 is 10.2 Å². The molecule has 1 aliphatic heterocycles. The van der Waals surface area contributed by atoms with Crippen molar-refractivity contribution in [3.8, 4) is 0 Å². The van der Waals surface area contributed by atoms with Gasteiger partial charge in [-0.3, -0.25) is 4.79 Å². The van der Waals surface area contributed by atoms with Crippen LogP contribution >= 0.6 is 0 Å². The van der Waals surface area contributed by atoms with E-state index in [9.17, 15) is 22.0 Å². The number of carbonyl (C=O) groups excluding carboxylic acids is 1. The highest BCUT2D eigenvalue weighted by molar-refractivity contribution is 7.89. The highest BCUT2D eigenvalue weighted by atomic mass is 32.2. The van der Waals surface area contributed by atoms with Gasteiger partial charge in [0.1, 0.15) is 11.6 Å². The zero-order valence-electron chi connectivity index (χ0n) is 16.6. The third-order valence-electron chi connectivity index (χ3n) is 5.00. The Kier molecular flexibility index (Phi) is 7.38. The number of halogens is 2. The van der Waals surface area contributed by atoms with Crippen molar-refractivity contribution in [2.45, 2.75) is 12.8 Å². The van der Waals surface area contributed by atoms with Gasteiger partial charge in [0.15, 0.2) is 0 Å². The van der Waals surface area contributed by atoms with Crippen molar-refractivity contribution in [2.75, 3.05) is 43.4 Å². The van der Waals surface area contributed by atoms with Crippen LogP contribution in [0.5, 0.6) is 0 Å². The van der Waals surface area contributed by atoms with Crippen LogP contribution in [0.1, 0.15) is 12.0 Å². The number of anilines is 1. The topological polar surface area (TPSA) is 69.7 Å². The average Bonchev–Trinajstić information content (AvgIpc) is 2.74. The van der Waals surface area contributed by atoms with Gasteiger partial charge in [0.2, 0.25) is 15.9 Å². The van der Waals surface area contributed by atoms with Gasteiger partial charge in [-0.15, -0.1) is 0 Å². The Labute approximate surface area is 175 Å². The van der Waals surface area contributed by atoms with Crippen LogP contribution in [0, 0.1) is 11.6 Å². The monoisotopic (exact) mass is 437 g/mol. The van der Waals surface area contributed by atoms with Crippen LogP contribution in [0.4, 0.5) is 14.5 Å². The molecule has 1 heterocycles. The van der Waals surface area contributed by atoms with Gasteiger partial charge >= 0.3 is 0 Å². The molecule has 1 aliphatic rings. The van der Waals surface area contributed by atoms with Gasteiger partial charge in [-0.1, -0.05) is 12.1 Å². The SMILES string of the molecule is O=C(Cc1ccc(F)cc1)NCCCS(=O)(=O)N1CCN(c2ccc(F)cc2)CC1. The zero-order chi connectivity index (χ0) is 21.6. The van der Waals surface area contributed by atoms with E-state index in [0.717, 1.165) is 5.69 Å². The predicted octanol–water partition coefficient (Wildman–Crippen LogP) is 2.17. The summed E-state index contributed by atoms with van der Waals surface area (Å²) in [6.07, 6.45) is 0.439. The molecule has 0 atom stereocenters. The predicted molar refractivity (Wildman–Crippen MR) is 112 cm³/mol. The van der Waals surface area contributed by atoms with Crippen molar-refractivity contribution in [1.29, 1.82) is 0 Å². The highest BCUT2D eigenvalue weighted by Gasteiger charge is 2.26. The number of nitrogens with one attached hydrogen (secondary N) is 1. The summed E-state index contributed by atoms with van der Waals surface area (Å²) in [6, 6.07) is 11.8. The van der Waals surface area contributed by atoms with Crippen LogP contribution < -0.4 is 10.2 Å². The van der Waals surface area contributed by atoms with E-state index >= 15 is 0 Å². The second-order valence-electron chi connectivity index (χ2n) is 7.19. The lowest BCUT2D eigenvalue weighted by molar-refractivity contribution is -0.120. The molecule has 1 saturated heterocycles. The molecule has 0 unspecified atom stereocenters. The van der Waals surface area contributed by atoms with Gasteiger partial charge in [0.25, 0.3) is 0 Å². The number of rotatable bonds is 8. The van der Waals surface area contributed by atoms with E-state index in [1.54, 1.807) is 24.3 Å². The fourth-order valence-electron chi connectivity index (χ4n) is 3.34. The van der Waals surface area contributed by atoms with E-state index in [1.165, 1.54) is 28.6 Å². The maximum Gasteiger partial charge on any atom is 0.224 e. The summed E-state index contributed by atoms with van der Waals surface area (Å²) in [4.78, 5) is 14.0. The fraction of sp³-hybridized carbons (Fsp3) is 0.381. The minimum absolute atomic E-state index is 0.0413. The number of hydrogen-bond acceptors (Lipinski definition) is 4. The summed E-state index contributed by atoms with van der Waals surface area (Å²) in [5, 5.41) is 2.70. The maximum atomic E-state index is 13.0. The molecule has 3 rings (SSSR count). The largest absolute Gasteiger partial charge is 0.369 e. The van der Waals surface area contributed by atoms with Crippen molar-refractivity contribution in [1.82, 2.24) is 9.62 Å². The number of amides is 1. The van der Waals surface area contributed by atoms with E-state index in [0.29, 0.717) is 38.2 Å². The van der Waals surface area contributed by atoms with E-state index in [2.05, 4.69) is 5.32 Å². The minimum atomic E-state index is -3.40. The molecule has 2 aromatic carbocycles. The van der Waals surface area contributed by atoms with Crippen LogP contribution in [-0.4, -0.2) is 57.1 Å². The molecule has 162 valence electrons. The van der Waals surface area contributed by atoms with Gasteiger partial charge in [-0.2, -0.15) is 4.31 Å². The normalized spacial score (nSPS) is 15.2. The van der Waals surface area contributed by atoms with Gasteiger partial charge in [-0.25, -0.2) is 17.2 Å². The molecule has 0 aromatic heterocycles. The molecule has 1 fully saturated rings. The molecule has 0 aliphatic carbocycles.